The molecule has 14 nitrogen and oxygen atoms in total. The third-order valence-electron chi connectivity index (χ3n) is 4.58. The van der Waals surface area contributed by atoms with Gasteiger partial charge in [-0.2, -0.15) is 0 Å². The summed E-state index contributed by atoms with van der Waals surface area (Å²) in [4.78, 5) is 103. The first-order chi connectivity index (χ1) is 17.1. The van der Waals surface area contributed by atoms with Crippen LogP contribution in [0.4, 0.5) is 0 Å². The summed E-state index contributed by atoms with van der Waals surface area (Å²) >= 11 is 0. The molecule has 0 radical (unpaired) electrons. The number of hydrogen-bond donors (Lipinski definition) is 5. The number of Topliss-reactive ketones (excluding diaryl/α,β-unsaturated/α-hetero) is 4. The van der Waals surface area contributed by atoms with E-state index >= 15 is 0 Å². The van der Waals surface area contributed by atoms with Crippen molar-refractivity contribution in [3.8, 4) is 0 Å². The number of rotatable bonds is 21. The summed E-state index contributed by atoms with van der Waals surface area (Å²) in [7, 11) is 0. The fraction of sp³-hybridized carbons (Fsp3) is 0.591. The number of amides is 4. The minimum Gasteiger partial charge on any atom is -0.349 e. The first-order valence-corrected chi connectivity index (χ1v) is 11.3. The van der Waals surface area contributed by atoms with Gasteiger partial charge in [0.05, 0.1) is 32.7 Å². The minimum absolute atomic E-state index is 0.0168. The lowest BCUT2D eigenvalue weighted by Crippen LogP contribution is -2.33. The van der Waals surface area contributed by atoms with Gasteiger partial charge in [0.2, 0.25) is 23.6 Å². The van der Waals surface area contributed by atoms with E-state index in [1.54, 1.807) is 0 Å². The fourth-order valence-electron chi connectivity index (χ4n) is 2.48. The van der Waals surface area contributed by atoms with Gasteiger partial charge in [-0.3, -0.25) is 38.4 Å². The van der Waals surface area contributed by atoms with Crippen LogP contribution < -0.4 is 27.0 Å². The monoisotopic (exact) mass is 511 g/mol. The van der Waals surface area contributed by atoms with Crippen molar-refractivity contribution in [1.82, 2.24) is 21.3 Å². The van der Waals surface area contributed by atoms with Crippen molar-refractivity contribution in [1.29, 1.82) is 0 Å². The predicted octanol–water partition coefficient (Wildman–Crippen LogP) is -2.99. The molecule has 0 unspecified atom stereocenters. The van der Waals surface area contributed by atoms with Crippen LogP contribution >= 0.6 is 0 Å². The lowest BCUT2D eigenvalue weighted by atomic mass is 10.1. The Morgan fingerprint density at radius 1 is 0.472 bits per heavy atom. The highest BCUT2D eigenvalue weighted by Gasteiger charge is 2.13. The minimum atomic E-state index is -0.552. The topological polar surface area (TPSA) is 228 Å². The van der Waals surface area contributed by atoms with Gasteiger partial charge in [-0.25, -0.2) is 0 Å². The van der Waals surface area contributed by atoms with E-state index in [1.165, 1.54) is 0 Å². The summed E-state index contributed by atoms with van der Waals surface area (Å²) in [6.07, 6.45) is -0.529. The van der Waals surface area contributed by atoms with E-state index in [-0.39, 0.29) is 95.7 Å². The molecule has 0 aromatic carbocycles. The normalized spacial score (nSPS) is 10.0. The van der Waals surface area contributed by atoms with Crippen LogP contribution in [-0.2, 0) is 43.2 Å². The van der Waals surface area contributed by atoms with Gasteiger partial charge in [-0.05, 0) is 0 Å². The Balaban J connectivity index is 3.92. The van der Waals surface area contributed by atoms with Gasteiger partial charge in [0.25, 0.3) is 0 Å². The molecule has 0 saturated carbocycles. The first-order valence-electron chi connectivity index (χ1n) is 11.3. The molecule has 0 aliphatic rings. The molecule has 0 aromatic rings. The summed E-state index contributed by atoms with van der Waals surface area (Å²) in [5.41, 5.74) is 5.13. The number of carbonyl (C=O) groups is 9. The highest BCUT2D eigenvalue weighted by atomic mass is 16.2. The van der Waals surface area contributed by atoms with Gasteiger partial charge in [0.15, 0.2) is 17.3 Å². The number of nitrogens with two attached hydrogens (primary N) is 1. The maximum absolute atomic E-state index is 11.8. The molecule has 36 heavy (non-hydrogen) atoms. The quantitative estimate of drug-likeness (QED) is 0.0981. The smallest absolute Gasteiger partial charge is 0.220 e. The van der Waals surface area contributed by atoms with Crippen LogP contribution in [-0.4, -0.2) is 85.8 Å². The zero-order chi connectivity index (χ0) is 27.3. The molecule has 6 N–H and O–H groups in total. The van der Waals surface area contributed by atoms with E-state index in [0.717, 1.165) is 0 Å². The van der Waals surface area contributed by atoms with Crippen LogP contribution in [0.3, 0.4) is 0 Å². The van der Waals surface area contributed by atoms with Crippen molar-refractivity contribution in [3.63, 3.8) is 0 Å². The Kier molecular flexibility index (Phi) is 17.4. The van der Waals surface area contributed by atoms with Crippen LogP contribution in [0.1, 0.15) is 51.4 Å². The van der Waals surface area contributed by atoms with Gasteiger partial charge in [0, 0.05) is 51.4 Å². The van der Waals surface area contributed by atoms with Gasteiger partial charge in [0.1, 0.15) is 12.1 Å². The second kappa shape index (κ2) is 19.5. The third-order valence-corrected chi connectivity index (χ3v) is 4.58. The second-order valence-electron chi connectivity index (χ2n) is 7.66. The standard InChI is InChI=1S/C22H33N5O9/c23-11-15(29)1-5-20(34)25-13-17(31)3-7-22(36)27-14-18(32)4-8-21(35)26-12-16(30)2-6-19(33)24-9-10-28/h10H,1-9,11-14,23H2,(H,24,33)(H,25,34)(H,26,35)(H,27,36). The summed E-state index contributed by atoms with van der Waals surface area (Å²) in [6, 6.07) is 0. The molecule has 0 aromatic heterocycles. The second-order valence-corrected chi connectivity index (χ2v) is 7.66. The molecule has 0 aliphatic carbocycles. The molecule has 200 valence electrons. The van der Waals surface area contributed by atoms with Crippen molar-refractivity contribution in [2.24, 2.45) is 5.73 Å². The van der Waals surface area contributed by atoms with Crippen molar-refractivity contribution >= 4 is 53.0 Å². The summed E-state index contributed by atoms with van der Waals surface area (Å²) in [5, 5.41) is 9.29. The van der Waals surface area contributed by atoms with Crippen LogP contribution in [0.2, 0.25) is 0 Å². The Hall–Kier alpha value is -3.81. The van der Waals surface area contributed by atoms with Crippen LogP contribution in [0.15, 0.2) is 0 Å². The molecule has 14 heteroatoms. The van der Waals surface area contributed by atoms with Gasteiger partial charge in [-0.1, -0.05) is 0 Å². The molecule has 0 aliphatic heterocycles. The van der Waals surface area contributed by atoms with Gasteiger partial charge in [-0.15, -0.1) is 0 Å². The zero-order valence-corrected chi connectivity index (χ0v) is 20.0. The van der Waals surface area contributed by atoms with Crippen LogP contribution in [0.5, 0.6) is 0 Å². The SMILES string of the molecule is NCC(=O)CCC(=O)NCC(=O)CCC(=O)NCC(=O)CCC(=O)NCC(=O)CCC(=O)NCC=O. The predicted molar refractivity (Wildman–Crippen MR) is 124 cm³/mol. The van der Waals surface area contributed by atoms with Gasteiger partial charge >= 0.3 is 0 Å². The summed E-state index contributed by atoms with van der Waals surface area (Å²) in [5.74, 6) is -3.53. The highest BCUT2D eigenvalue weighted by molar-refractivity contribution is 5.93. The molecule has 0 heterocycles. The van der Waals surface area contributed by atoms with E-state index < -0.39 is 35.2 Å². The maximum atomic E-state index is 11.8. The average molecular weight is 512 g/mol. The van der Waals surface area contributed by atoms with Crippen molar-refractivity contribution in [2.75, 3.05) is 32.7 Å². The molecular formula is C22H33N5O9. The maximum Gasteiger partial charge on any atom is 0.220 e. The molecule has 0 atom stereocenters. The average Bonchev–Trinajstić information content (AvgIpc) is 2.87. The number of ketones is 4. The lowest BCUT2D eigenvalue weighted by Gasteiger charge is -2.07. The number of carbonyl (C=O) groups excluding carboxylic acids is 9. The Labute approximate surface area is 207 Å². The number of aldehydes is 1. The van der Waals surface area contributed by atoms with E-state index in [9.17, 15) is 43.2 Å². The van der Waals surface area contributed by atoms with Crippen LogP contribution in [0.25, 0.3) is 0 Å². The molecular weight excluding hydrogens is 478 g/mol. The van der Waals surface area contributed by atoms with E-state index in [1.807, 2.05) is 0 Å². The molecule has 0 fully saturated rings. The Morgan fingerprint density at radius 3 is 1.08 bits per heavy atom. The summed E-state index contributed by atoms with van der Waals surface area (Å²) in [6.45, 7) is -1.22. The van der Waals surface area contributed by atoms with Crippen molar-refractivity contribution in [3.05, 3.63) is 0 Å². The molecule has 0 spiro atoms. The van der Waals surface area contributed by atoms with E-state index in [2.05, 4.69) is 21.3 Å². The largest absolute Gasteiger partial charge is 0.349 e. The third kappa shape index (κ3) is 18.6. The van der Waals surface area contributed by atoms with E-state index in [0.29, 0.717) is 6.29 Å². The Bertz CT molecular complexity index is 842. The van der Waals surface area contributed by atoms with Crippen molar-refractivity contribution < 1.29 is 43.2 Å². The Morgan fingerprint density at radius 2 is 0.778 bits per heavy atom. The fourth-order valence-corrected chi connectivity index (χ4v) is 2.48. The molecule has 4 amide bonds. The van der Waals surface area contributed by atoms with Crippen molar-refractivity contribution in [2.45, 2.75) is 51.4 Å². The number of hydrogen-bond acceptors (Lipinski definition) is 10. The highest BCUT2D eigenvalue weighted by Crippen LogP contribution is 1.96. The molecule has 0 bridgehead atoms. The first kappa shape index (κ1) is 32.2. The zero-order valence-electron chi connectivity index (χ0n) is 20.0. The van der Waals surface area contributed by atoms with Gasteiger partial charge < -0.3 is 31.8 Å². The molecule has 0 rings (SSSR count). The lowest BCUT2D eigenvalue weighted by molar-refractivity contribution is -0.129. The molecule has 0 saturated heterocycles. The summed E-state index contributed by atoms with van der Waals surface area (Å²) < 4.78 is 0. The number of nitrogens with one attached hydrogen (secondary N) is 4. The van der Waals surface area contributed by atoms with E-state index in [4.69, 9.17) is 5.73 Å². The van der Waals surface area contributed by atoms with Crippen LogP contribution in [0, 0.1) is 0 Å².